The van der Waals surface area contributed by atoms with Gasteiger partial charge < -0.3 is 0 Å². The summed E-state index contributed by atoms with van der Waals surface area (Å²) in [6.45, 7) is 0. The number of fused-ring (bicyclic) bond motifs is 3. The molecule has 2 heterocycles. The van der Waals surface area contributed by atoms with E-state index < -0.39 is 11.7 Å². The predicted molar refractivity (Wildman–Crippen MR) is 57.5 cm³/mol. The molecule has 0 bridgehead atoms. The first-order chi connectivity index (χ1) is 8.70. The Morgan fingerprint density at radius 2 is 2.22 bits per heavy atom. The van der Waals surface area contributed by atoms with Crippen LogP contribution < -0.4 is 5.48 Å². The molecular weight excluding hydrogens is 241 g/mol. The molecular formula is C10H6FN5O2. The van der Waals surface area contributed by atoms with Gasteiger partial charge in [-0.05, 0) is 34.7 Å². The number of tetrazole rings is 1. The van der Waals surface area contributed by atoms with Gasteiger partial charge in [0.05, 0.1) is 11.1 Å². The molecule has 0 spiro atoms. The SMILES string of the molecule is O=C(NO)c1cc2cc(F)ccc2n2nnnc12. The van der Waals surface area contributed by atoms with Gasteiger partial charge >= 0.3 is 0 Å². The highest BCUT2D eigenvalue weighted by Crippen LogP contribution is 2.19. The smallest absolute Gasteiger partial charge is 0.278 e. The summed E-state index contributed by atoms with van der Waals surface area (Å²) in [6.07, 6.45) is 0. The second-order valence-corrected chi connectivity index (χ2v) is 3.62. The first-order valence-electron chi connectivity index (χ1n) is 4.95. The number of pyridine rings is 1. The number of hydrogen-bond acceptors (Lipinski definition) is 5. The fourth-order valence-electron chi connectivity index (χ4n) is 1.80. The van der Waals surface area contributed by atoms with Gasteiger partial charge in [-0.2, -0.15) is 4.52 Å². The molecule has 8 heteroatoms. The maximum Gasteiger partial charge on any atom is 0.278 e. The number of benzene rings is 1. The lowest BCUT2D eigenvalue weighted by Crippen LogP contribution is -2.19. The first-order valence-corrected chi connectivity index (χ1v) is 4.95. The van der Waals surface area contributed by atoms with Gasteiger partial charge in [0.2, 0.25) is 0 Å². The van der Waals surface area contributed by atoms with E-state index in [2.05, 4.69) is 15.5 Å². The number of halogens is 1. The van der Waals surface area contributed by atoms with Crippen molar-refractivity contribution in [1.29, 1.82) is 0 Å². The third kappa shape index (κ3) is 1.39. The fraction of sp³-hybridized carbons (Fsp3) is 0. The van der Waals surface area contributed by atoms with E-state index in [0.717, 1.165) is 0 Å². The lowest BCUT2D eigenvalue weighted by molar-refractivity contribution is 0.0707. The number of carbonyl (C=O) groups excluding carboxylic acids is 1. The monoisotopic (exact) mass is 247 g/mol. The minimum absolute atomic E-state index is 0.0561. The molecule has 0 aliphatic heterocycles. The van der Waals surface area contributed by atoms with E-state index in [0.29, 0.717) is 10.9 Å². The van der Waals surface area contributed by atoms with Crippen molar-refractivity contribution in [1.82, 2.24) is 25.5 Å². The van der Waals surface area contributed by atoms with Gasteiger partial charge in [-0.3, -0.25) is 10.0 Å². The van der Waals surface area contributed by atoms with Crippen molar-refractivity contribution in [3.8, 4) is 0 Å². The standard InChI is InChI=1S/C10H6FN5O2/c11-6-1-2-8-5(3-6)4-7(10(17)13-18)9-12-14-15-16(8)9/h1-4,18H,(H,13,17). The Morgan fingerprint density at radius 3 is 3.00 bits per heavy atom. The zero-order chi connectivity index (χ0) is 12.7. The van der Waals surface area contributed by atoms with E-state index in [9.17, 15) is 9.18 Å². The zero-order valence-corrected chi connectivity index (χ0v) is 8.83. The van der Waals surface area contributed by atoms with Crippen molar-refractivity contribution in [2.24, 2.45) is 0 Å². The Morgan fingerprint density at radius 1 is 1.39 bits per heavy atom. The molecule has 0 aliphatic rings. The van der Waals surface area contributed by atoms with Crippen LogP contribution in [0.4, 0.5) is 4.39 Å². The molecule has 90 valence electrons. The Balaban J connectivity index is 2.47. The van der Waals surface area contributed by atoms with Gasteiger partial charge in [0.25, 0.3) is 5.91 Å². The summed E-state index contributed by atoms with van der Waals surface area (Å²) in [6, 6.07) is 5.45. The van der Waals surface area contributed by atoms with Gasteiger partial charge in [0.1, 0.15) is 5.82 Å². The number of amides is 1. The highest BCUT2D eigenvalue weighted by atomic mass is 19.1. The minimum Gasteiger partial charge on any atom is -0.288 e. The minimum atomic E-state index is -0.763. The summed E-state index contributed by atoms with van der Waals surface area (Å²) in [5.74, 6) is -1.20. The van der Waals surface area contributed by atoms with Crippen LogP contribution in [0.3, 0.4) is 0 Å². The van der Waals surface area contributed by atoms with Crippen LogP contribution in [0, 0.1) is 5.82 Å². The molecule has 0 unspecified atom stereocenters. The Hall–Kier alpha value is -2.61. The van der Waals surface area contributed by atoms with E-state index >= 15 is 0 Å². The van der Waals surface area contributed by atoms with Crippen LogP contribution in [-0.4, -0.2) is 31.2 Å². The maximum absolute atomic E-state index is 13.2. The molecule has 2 N–H and O–H groups in total. The molecule has 3 aromatic rings. The molecule has 0 fully saturated rings. The Bertz CT molecular complexity index is 769. The van der Waals surface area contributed by atoms with Gasteiger partial charge in [-0.25, -0.2) is 9.87 Å². The summed E-state index contributed by atoms with van der Waals surface area (Å²) < 4.78 is 14.5. The second kappa shape index (κ2) is 3.70. The van der Waals surface area contributed by atoms with E-state index in [4.69, 9.17) is 5.21 Å². The average molecular weight is 247 g/mol. The number of nitrogens with one attached hydrogen (secondary N) is 1. The van der Waals surface area contributed by atoms with Crippen molar-refractivity contribution < 1.29 is 14.4 Å². The van der Waals surface area contributed by atoms with Gasteiger partial charge in [0.15, 0.2) is 5.65 Å². The molecule has 0 saturated carbocycles. The molecule has 0 radical (unpaired) electrons. The van der Waals surface area contributed by atoms with Crippen molar-refractivity contribution >= 4 is 22.5 Å². The van der Waals surface area contributed by atoms with Crippen LogP contribution >= 0.6 is 0 Å². The number of nitrogens with zero attached hydrogens (tertiary/aromatic N) is 4. The molecule has 1 amide bonds. The third-order valence-corrected chi connectivity index (χ3v) is 2.57. The molecule has 18 heavy (non-hydrogen) atoms. The predicted octanol–water partition coefficient (Wildman–Crippen LogP) is 0.536. The van der Waals surface area contributed by atoms with E-state index in [1.54, 1.807) is 0 Å². The van der Waals surface area contributed by atoms with Crippen LogP contribution in [0.15, 0.2) is 24.3 Å². The van der Waals surface area contributed by atoms with E-state index in [1.807, 2.05) is 0 Å². The lowest BCUT2D eigenvalue weighted by Gasteiger charge is -2.04. The Kier molecular flexibility index (Phi) is 2.17. The van der Waals surface area contributed by atoms with Crippen molar-refractivity contribution in [2.75, 3.05) is 0 Å². The molecule has 0 atom stereocenters. The number of hydroxylamine groups is 1. The molecule has 1 aromatic carbocycles. The average Bonchev–Trinajstić information content (AvgIpc) is 2.85. The molecule has 3 rings (SSSR count). The van der Waals surface area contributed by atoms with Crippen LogP contribution in [-0.2, 0) is 0 Å². The van der Waals surface area contributed by atoms with E-state index in [-0.39, 0.29) is 11.2 Å². The summed E-state index contributed by atoms with van der Waals surface area (Å²) in [5.41, 5.74) is 2.30. The lowest BCUT2D eigenvalue weighted by atomic mass is 10.1. The van der Waals surface area contributed by atoms with Crippen LogP contribution in [0.5, 0.6) is 0 Å². The van der Waals surface area contributed by atoms with Gasteiger partial charge in [-0.15, -0.1) is 5.10 Å². The summed E-state index contributed by atoms with van der Waals surface area (Å²) in [5, 5.41) is 20.0. The number of hydrogen-bond donors (Lipinski definition) is 2. The normalized spacial score (nSPS) is 11.0. The number of carbonyl (C=O) groups is 1. The maximum atomic E-state index is 13.2. The van der Waals surface area contributed by atoms with Crippen molar-refractivity contribution in [2.45, 2.75) is 0 Å². The van der Waals surface area contributed by atoms with Crippen molar-refractivity contribution in [3.05, 3.63) is 35.6 Å². The van der Waals surface area contributed by atoms with E-state index in [1.165, 1.54) is 34.3 Å². The summed E-state index contributed by atoms with van der Waals surface area (Å²) in [4.78, 5) is 11.5. The van der Waals surface area contributed by atoms with Crippen LogP contribution in [0.2, 0.25) is 0 Å². The first kappa shape index (κ1) is 10.5. The highest BCUT2D eigenvalue weighted by Gasteiger charge is 2.15. The Labute approximate surface area is 98.8 Å². The highest BCUT2D eigenvalue weighted by molar-refractivity contribution is 6.02. The van der Waals surface area contributed by atoms with Gasteiger partial charge in [-0.1, -0.05) is 0 Å². The summed E-state index contributed by atoms with van der Waals surface area (Å²) >= 11 is 0. The second-order valence-electron chi connectivity index (χ2n) is 3.62. The summed E-state index contributed by atoms with van der Waals surface area (Å²) in [7, 11) is 0. The topological polar surface area (TPSA) is 92.4 Å². The largest absolute Gasteiger partial charge is 0.288 e. The fourth-order valence-corrected chi connectivity index (χ4v) is 1.80. The molecule has 7 nitrogen and oxygen atoms in total. The zero-order valence-electron chi connectivity index (χ0n) is 8.83. The molecule has 0 aliphatic carbocycles. The molecule has 2 aromatic heterocycles. The third-order valence-electron chi connectivity index (χ3n) is 2.57. The number of rotatable bonds is 1. The van der Waals surface area contributed by atoms with Crippen molar-refractivity contribution in [3.63, 3.8) is 0 Å². The quantitative estimate of drug-likeness (QED) is 0.483. The molecule has 0 saturated heterocycles. The van der Waals surface area contributed by atoms with Gasteiger partial charge in [0, 0.05) is 5.39 Å². The number of aromatic nitrogens is 4. The van der Waals surface area contributed by atoms with Crippen LogP contribution in [0.25, 0.3) is 16.6 Å². The van der Waals surface area contributed by atoms with Crippen LogP contribution in [0.1, 0.15) is 10.4 Å².